The first-order valence-corrected chi connectivity index (χ1v) is 11.4. The number of imidazole rings is 1. The van der Waals surface area contributed by atoms with Gasteiger partial charge in [0.25, 0.3) is 5.91 Å². The summed E-state index contributed by atoms with van der Waals surface area (Å²) >= 11 is 0. The average Bonchev–Trinajstić information content (AvgIpc) is 3.29. The predicted octanol–water partition coefficient (Wildman–Crippen LogP) is 5.60. The van der Waals surface area contributed by atoms with Crippen LogP contribution in [0.3, 0.4) is 0 Å². The van der Waals surface area contributed by atoms with Crippen molar-refractivity contribution < 1.29 is 31.1 Å². The van der Waals surface area contributed by atoms with E-state index >= 15 is 0 Å². The van der Waals surface area contributed by atoms with Gasteiger partial charge < -0.3 is 9.47 Å². The number of hydrogen-bond donors (Lipinski definition) is 0. The van der Waals surface area contributed by atoms with Crippen molar-refractivity contribution in [1.82, 2.24) is 19.4 Å². The lowest BCUT2D eigenvalue weighted by atomic mass is 9.89. The molecule has 3 aromatic rings. The van der Waals surface area contributed by atoms with Crippen LogP contribution in [0.5, 0.6) is 0 Å². The van der Waals surface area contributed by atoms with E-state index in [0.717, 1.165) is 17.7 Å². The summed E-state index contributed by atoms with van der Waals surface area (Å²) in [6.45, 7) is 0.429. The van der Waals surface area contributed by atoms with Gasteiger partial charge in [0.05, 0.1) is 23.6 Å². The van der Waals surface area contributed by atoms with Crippen LogP contribution >= 0.6 is 0 Å². The van der Waals surface area contributed by atoms with Crippen molar-refractivity contribution in [3.05, 3.63) is 82.7 Å². The van der Waals surface area contributed by atoms with E-state index in [9.17, 15) is 31.1 Å². The Morgan fingerprint density at radius 3 is 2.43 bits per heavy atom. The van der Waals surface area contributed by atoms with Gasteiger partial charge in [-0.1, -0.05) is 6.07 Å². The van der Waals surface area contributed by atoms with Gasteiger partial charge in [0, 0.05) is 50.6 Å². The Bertz CT molecular complexity index is 1280. The lowest BCUT2D eigenvalue weighted by molar-refractivity contribution is -0.143. The summed E-state index contributed by atoms with van der Waals surface area (Å²) in [6, 6.07) is 7.13. The maximum Gasteiger partial charge on any atom is 0.416 e. The second-order valence-corrected chi connectivity index (χ2v) is 8.77. The number of benzene rings is 1. The molecule has 1 amide bonds. The number of hydrogen-bond acceptors (Lipinski definition) is 4. The molecule has 12 heteroatoms. The van der Waals surface area contributed by atoms with Crippen LogP contribution in [0.4, 0.5) is 26.3 Å². The number of nitrogens with zero attached hydrogens (tertiary/aromatic N) is 5. The Morgan fingerprint density at radius 1 is 1.14 bits per heavy atom. The fourth-order valence-corrected chi connectivity index (χ4v) is 4.35. The van der Waals surface area contributed by atoms with Gasteiger partial charge in [0.2, 0.25) is 0 Å². The maximum atomic E-state index is 13.3. The number of rotatable bonds is 6. The minimum atomic E-state index is -4.93. The SMILES string of the molecule is N#CCCN(Cc1cccnc1)C(=O)c1cn2c(n1)CCC(c1cc(C(F)(F)F)cc(C(F)(F)F)c1)C2. The molecule has 0 saturated heterocycles. The van der Waals surface area contributed by atoms with E-state index in [2.05, 4.69) is 9.97 Å². The van der Waals surface area contributed by atoms with Crippen LogP contribution in [-0.2, 0) is 31.9 Å². The van der Waals surface area contributed by atoms with Crippen molar-refractivity contribution in [2.75, 3.05) is 6.54 Å². The normalized spacial score (nSPS) is 15.6. The first kappa shape index (κ1) is 26.2. The Balaban J connectivity index is 1.59. The summed E-state index contributed by atoms with van der Waals surface area (Å²) in [5.74, 6) is -0.543. The molecule has 1 aliphatic heterocycles. The zero-order chi connectivity index (χ0) is 26.8. The molecule has 2 aromatic heterocycles. The zero-order valence-corrected chi connectivity index (χ0v) is 19.4. The van der Waals surface area contributed by atoms with Crippen LogP contribution in [0.15, 0.2) is 48.9 Å². The largest absolute Gasteiger partial charge is 0.416 e. The zero-order valence-electron chi connectivity index (χ0n) is 19.4. The number of alkyl halides is 6. The average molecular weight is 521 g/mol. The summed E-state index contributed by atoms with van der Waals surface area (Å²) in [7, 11) is 0. The van der Waals surface area contributed by atoms with Crippen molar-refractivity contribution in [2.45, 2.75) is 50.6 Å². The number of aromatic nitrogens is 3. The molecular formula is C25H21F6N5O. The Hall–Kier alpha value is -3.88. The van der Waals surface area contributed by atoms with Crippen LogP contribution in [0.1, 0.15) is 57.3 Å². The van der Waals surface area contributed by atoms with Gasteiger partial charge in [0.15, 0.2) is 0 Å². The van der Waals surface area contributed by atoms with Crippen molar-refractivity contribution in [3.63, 3.8) is 0 Å². The smallest absolute Gasteiger partial charge is 0.333 e. The summed E-state index contributed by atoms with van der Waals surface area (Å²) in [5, 5.41) is 8.98. The third kappa shape index (κ3) is 6.10. The topological polar surface area (TPSA) is 74.8 Å². The summed E-state index contributed by atoms with van der Waals surface area (Å²) in [6.07, 6.45) is -4.55. The molecular weight excluding hydrogens is 500 g/mol. The van der Waals surface area contributed by atoms with Gasteiger partial charge in [-0.3, -0.25) is 9.78 Å². The van der Waals surface area contributed by atoms with Gasteiger partial charge in [-0.25, -0.2) is 4.98 Å². The first-order chi connectivity index (χ1) is 17.5. The molecule has 4 rings (SSSR count). The highest BCUT2D eigenvalue weighted by Gasteiger charge is 2.38. The molecule has 0 aliphatic carbocycles. The first-order valence-electron chi connectivity index (χ1n) is 11.4. The fourth-order valence-electron chi connectivity index (χ4n) is 4.35. The van der Waals surface area contributed by atoms with E-state index in [1.54, 1.807) is 29.1 Å². The second-order valence-electron chi connectivity index (χ2n) is 8.77. The molecule has 194 valence electrons. The highest BCUT2D eigenvalue weighted by Crippen LogP contribution is 2.39. The van der Waals surface area contributed by atoms with Crippen LogP contribution in [0.2, 0.25) is 0 Å². The number of halogens is 6. The van der Waals surface area contributed by atoms with Crippen molar-refractivity contribution in [1.29, 1.82) is 5.26 Å². The van der Waals surface area contributed by atoms with Crippen molar-refractivity contribution in [3.8, 4) is 6.07 Å². The molecule has 0 saturated carbocycles. The highest BCUT2D eigenvalue weighted by atomic mass is 19.4. The lowest BCUT2D eigenvalue weighted by Gasteiger charge is -2.25. The summed E-state index contributed by atoms with van der Waals surface area (Å²) in [5.41, 5.74) is -1.93. The second kappa shape index (κ2) is 10.2. The van der Waals surface area contributed by atoms with Crippen LogP contribution in [-0.4, -0.2) is 31.9 Å². The van der Waals surface area contributed by atoms with E-state index in [-0.39, 0.29) is 56.2 Å². The number of carbonyl (C=O) groups is 1. The number of amides is 1. The van der Waals surface area contributed by atoms with E-state index in [1.165, 1.54) is 11.1 Å². The van der Waals surface area contributed by atoms with Gasteiger partial charge in [-0.05, 0) is 41.8 Å². The van der Waals surface area contributed by atoms with E-state index in [1.807, 2.05) is 6.07 Å². The number of nitriles is 1. The Labute approximate surface area is 208 Å². The number of fused-ring (bicyclic) bond motifs is 1. The Morgan fingerprint density at radius 2 is 1.84 bits per heavy atom. The van der Waals surface area contributed by atoms with E-state index in [0.29, 0.717) is 5.82 Å². The third-order valence-corrected chi connectivity index (χ3v) is 6.17. The molecule has 3 heterocycles. The molecule has 0 N–H and O–H groups in total. The summed E-state index contributed by atoms with van der Waals surface area (Å²) in [4.78, 5) is 23.1. The fraction of sp³-hybridized carbons (Fsp3) is 0.360. The molecule has 37 heavy (non-hydrogen) atoms. The molecule has 0 spiro atoms. The molecule has 1 aromatic carbocycles. The lowest BCUT2D eigenvalue weighted by Crippen LogP contribution is -2.31. The van der Waals surface area contributed by atoms with E-state index in [4.69, 9.17) is 5.26 Å². The molecule has 1 aliphatic rings. The third-order valence-electron chi connectivity index (χ3n) is 6.17. The van der Waals surface area contributed by atoms with Crippen LogP contribution in [0, 0.1) is 11.3 Å². The molecule has 1 atom stereocenters. The maximum absolute atomic E-state index is 13.3. The Kier molecular flexibility index (Phi) is 7.25. The number of aryl methyl sites for hydroxylation is 1. The van der Waals surface area contributed by atoms with Crippen molar-refractivity contribution >= 4 is 5.91 Å². The molecule has 0 fully saturated rings. The summed E-state index contributed by atoms with van der Waals surface area (Å²) < 4.78 is 81.4. The van der Waals surface area contributed by atoms with Gasteiger partial charge in [-0.2, -0.15) is 31.6 Å². The number of carbonyl (C=O) groups excluding carboxylic acids is 1. The molecule has 0 radical (unpaired) electrons. The van der Waals surface area contributed by atoms with Crippen LogP contribution < -0.4 is 0 Å². The molecule has 1 unspecified atom stereocenters. The van der Waals surface area contributed by atoms with Gasteiger partial charge >= 0.3 is 12.4 Å². The minimum absolute atomic E-state index is 0.0680. The van der Waals surface area contributed by atoms with Crippen molar-refractivity contribution in [2.24, 2.45) is 0 Å². The molecule has 6 nitrogen and oxygen atoms in total. The quantitative estimate of drug-likeness (QED) is 0.396. The van der Waals surface area contributed by atoms with Gasteiger partial charge in [-0.15, -0.1) is 0 Å². The number of pyridine rings is 1. The highest BCUT2D eigenvalue weighted by molar-refractivity contribution is 5.92. The van der Waals surface area contributed by atoms with Crippen LogP contribution in [0.25, 0.3) is 0 Å². The predicted molar refractivity (Wildman–Crippen MR) is 119 cm³/mol. The molecule has 0 bridgehead atoms. The standard InChI is InChI=1S/C25H21F6N5O/c26-24(27,28)19-9-18(10-20(11-19)25(29,30)31)17-4-5-22-34-21(15-36(22)14-17)23(37)35(8-2-6-32)13-16-3-1-7-33-12-16/h1,3,7,9-12,15,17H,2,4-5,8,13-14H2. The van der Waals surface area contributed by atoms with Gasteiger partial charge in [0.1, 0.15) is 11.5 Å². The monoisotopic (exact) mass is 521 g/mol. The minimum Gasteiger partial charge on any atom is -0.333 e. The van der Waals surface area contributed by atoms with E-state index < -0.39 is 35.3 Å².